The average Bonchev–Trinajstić information content (AvgIpc) is 3.19. The highest BCUT2D eigenvalue weighted by Crippen LogP contribution is 2.28. The number of carbonyl (C=O) groups excluding carboxylic acids is 2. The number of piperidine rings is 1. The molecule has 3 rings (SSSR count). The Hall–Kier alpha value is -3.08. The molecule has 0 bridgehead atoms. The highest BCUT2D eigenvalue weighted by atomic mass is 19.3. The number of alkyl halides is 2. The van der Waals surface area contributed by atoms with Gasteiger partial charge in [0.1, 0.15) is 5.75 Å². The fourth-order valence-electron chi connectivity index (χ4n) is 2.88. The molecule has 28 heavy (non-hydrogen) atoms. The molecule has 9 nitrogen and oxygen atoms in total. The third kappa shape index (κ3) is 4.60. The number of nitrogens with one attached hydrogen (secondary N) is 2. The summed E-state index contributed by atoms with van der Waals surface area (Å²) >= 11 is 0. The number of esters is 1. The number of ether oxygens (including phenoxy) is 2. The molecule has 0 saturated carbocycles. The molecule has 0 spiro atoms. The van der Waals surface area contributed by atoms with Crippen LogP contribution in [-0.2, 0) is 4.74 Å². The number of benzene rings is 1. The van der Waals surface area contributed by atoms with Gasteiger partial charge in [0.05, 0.1) is 30.6 Å². The molecule has 0 aliphatic carbocycles. The molecule has 1 aliphatic heterocycles. The van der Waals surface area contributed by atoms with Crippen molar-refractivity contribution < 1.29 is 27.8 Å². The number of hydrogen-bond donors (Lipinski definition) is 2. The van der Waals surface area contributed by atoms with Crippen LogP contribution in [0.25, 0.3) is 0 Å². The van der Waals surface area contributed by atoms with Gasteiger partial charge in [0.25, 0.3) is 5.91 Å². The van der Waals surface area contributed by atoms with Crippen molar-refractivity contribution in [3.05, 3.63) is 35.7 Å². The van der Waals surface area contributed by atoms with Crippen molar-refractivity contribution in [2.45, 2.75) is 25.5 Å². The molecule has 1 amide bonds. The number of nitrogens with zero attached hydrogens (tertiary/aromatic N) is 3. The van der Waals surface area contributed by atoms with Gasteiger partial charge >= 0.3 is 12.6 Å². The van der Waals surface area contributed by atoms with Crippen molar-refractivity contribution in [1.29, 1.82) is 0 Å². The Labute approximate surface area is 159 Å². The average molecular weight is 395 g/mol. The zero-order chi connectivity index (χ0) is 20.1. The lowest BCUT2D eigenvalue weighted by Gasteiger charge is -2.22. The summed E-state index contributed by atoms with van der Waals surface area (Å²) in [4.78, 5) is 24.0. The van der Waals surface area contributed by atoms with Crippen LogP contribution in [0.5, 0.6) is 5.75 Å². The van der Waals surface area contributed by atoms with Gasteiger partial charge in [0.15, 0.2) is 5.69 Å². The molecular weight excluding hydrogens is 376 g/mol. The Kier molecular flexibility index (Phi) is 6.14. The van der Waals surface area contributed by atoms with E-state index in [0.717, 1.165) is 39.1 Å². The topological polar surface area (TPSA) is 107 Å². The summed E-state index contributed by atoms with van der Waals surface area (Å²) in [5.74, 6) is -1.72. The summed E-state index contributed by atoms with van der Waals surface area (Å²) in [5, 5.41) is 13.5. The molecule has 1 aromatic heterocycles. The van der Waals surface area contributed by atoms with Crippen LogP contribution in [0, 0.1) is 0 Å². The minimum Gasteiger partial charge on any atom is -0.465 e. The Morgan fingerprint density at radius 2 is 2.07 bits per heavy atom. The lowest BCUT2D eigenvalue weighted by Crippen LogP contribution is -2.29. The summed E-state index contributed by atoms with van der Waals surface area (Å²) in [6.07, 6.45) is 3.25. The van der Waals surface area contributed by atoms with E-state index in [1.54, 1.807) is 4.68 Å². The van der Waals surface area contributed by atoms with Crippen LogP contribution in [0.2, 0.25) is 0 Å². The van der Waals surface area contributed by atoms with E-state index in [1.165, 1.54) is 18.3 Å². The van der Waals surface area contributed by atoms with Crippen molar-refractivity contribution in [1.82, 2.24) is 20.3 Å². The van der Waals surface area contributed by atoms with Gasteiger partial charge in [-0.3, -0.25) is 4.79 Å². The quantitative estimate of drug-likeness (QED) is 0.719. The summed E-state index contributed by atoms with van der Waals surface area (Å²) < 4.78 is 36.0. The van der Waals surface area contributed by atoms with Crippen LogP contribution < -0.4 is 15.4 Å². The molecule has 1 saturated heterocycles. The fraction of sp³-hybridized carbons (Fsp3) is 0.412. The van der Waals surface area contributed by atoms with Crippen molar-refractivity contribution in [3.63, 3.8) is 0 Å². The van der Waals surface area contributed by atoms with E-state index in [2.05, 4.69) is 30.4 Å². The molecule has 2 N–H and O–H groups in total. The number of rotatable bonds is 6. The minimum absolute atomic E-state index is 0.00741. The standard InChI is InChI=1S/C17H19F2N5O4/c1-27-16(26)10-2-3-12(14(8-10)28-17(18)19)21-15(25)13-9-24(23-22-13)11-4-6-20-7-5-11/h2-3,8-9,11,17,20H,4-7H2,1H3,(H,21,25). The maximum absolute atomic E-state index is 12.7. The molecule has 1 fully saturated rings. The van der Waals surface area contributed by atoms with Gasteiger partial charge in [-0.2, -0.15) is 8.78 Å². The van der Waals surface area contributed by atoms with Crippen LogP contribution >= 0.6 is 0 Å². The lowest BCUT2D eigenvalue weighted by atomic mass is 10.1. The Bertz CT molecular complexity index is 852. The third-order valence-corrected chi connectivity index (χ3v) is 4.29. The van der Waals surface area contributed by atoms with Gasteiger partial charge in [-0.15, -0.1) is 5.10 Å². The smallest absolute Gasteiger partial charge is 0.387 e. The fourth-order valence-corrected chi connectivity index (χ4v) is 2.88. The molecule has 0 radical (unpaired) electrons. The molecular formula is C17H19F2N5O4. The largest absolute Gasteiger partial charge is 0.465 e. The van der Waals surface area contributed by atoms with Crippen LogP contribution in [0.1, 0.15) is 39.7 Å². The monoisotopic (exact) mass is 395 g/mol. The summed E-state index contributed by atoms with van der Waals surface area (Å²) in [7, 11) is 1.16. The van der Waals surface area contributed by atoms with Crippen LogP contribution in [-0.4, -0.2) is 53.7 Å². The van der Waals surface area contributed by atoms with Crippen molar-refractivity contribution in [2.24, 2.45) is 0 Å². The Balaban J connectivity index is 1.77. The first kappa shape index (κ1) is 19.7. The maximum atomic E-state index is 12.7. The van der Waals surface area contributed by atoms with Crippen LogP contribution in [0.3, 0.4) is 0 Å². The van der Waals surface area contributed by atoms with E-state index in [0.29, 0.717) is 0 Å². The second kappa shape index (κ2) is 8.74. The molecule has 1 aliphatic rings. The first-order valence-corrected chi connectivity index (χ1v) is 8.59. The SMILES string of the molecule is COC(=O)c1ccc(NC(=O)c2cn(C3CCNCC3)nn2)c(OC(F)F)c1. The van der Waals surface area contributed by atoms with Gasteiger partial charge < -0.3 is 20.1 Å². The molecule has 2 heterocycles. The van der Waals surface area contributed by atoms with Crippen LogP contribution in [0.15, 0.2) is 24.4 Å². The number of methoxy groups -OCH3 is 1. The van der Waals surface area contributed by atoms with Gasteiger partial charge in [-0.05, 0) is 44.1 Å². The Morgan fingerprint density at radius 1 is 1.32 bits per heavy atom. The van der Waals surface area contributed by atoms with Gasteiger partial charge in [-0.1, -0.05) is 5.21 Å². The molecule has 0 atom stereocenters. The highest BCUT2D eigenvalue weighted by Gasteiger charge is 2.21. The predicted octanol–water partition coefficient (Wildman–Crippen LogP) is 1.84. The van der Waals surface area contributed by atoms with E-state index >= 15 is 0 Å². The van der Waals surface area contributed by atoms with Crippen molar-refractivity contribution >= 4 is 17.6 Å². The summed E-state index contributed by atoms with van der Waals surface area (Å²) in [6, 6.07) is 3.82. The van der Waals surface area contributed by atoms with Crippen molar-refractivity contribution in [2.75, 3.05) is 25.5 Å². The van der Waals surface area contributed by atoms with Gasteiger partial charge in [0, 0.05) is 0 Å². The number of aromatic nitrogens is 3. The second-order valence-electron chi connectivity index (χ2n) is 6.10. The zero-order valence-electron chi connectivity index (χ0n) is 15.0. The number of anilines is 1. The summed E-state index contributed by atoms with van der Waals surface area (Å²) in [6.45, 7) is -1.43. The van der Waals surface area contributed by atoms with Gasteiger partial charge in [-0.25, -0.2) is 9.48 Å². The predicted molar refractivity (Wildman–Crippen MR) is 93.5 cm³/mol. The first-order valence-electron chi connectivity index (χ1n) is 8.59. The molecule has 150 valence electrons. The maximum Gasteiger partial charge on any atom is 0.387 e. The Morgan fingerprint density at radius 3 is 2.75 bits per heavy atom. The van der Waals surface area contributed by atoms with Crippen LogP contribution in [0.4, 0.5) is 14.5 Å². The van der Waals surface area contributed by atoms with Crippen molar-refractivity contribution in [3.8, 4) is 5.75 Å². The number of amides is 1. The van der Waals surface area contributed by atoms with E-state index in [1.807, 2.05) is 0 Å². The summed E-state index contributed by atoms with van der Waals surface area (Å²) in [5.41, 5.74) is 0.0148. The number of hydrogen-bond acceptors (Lipinski definition) is 7. The normalized spacial score (nSPS) is 14.7. The molecule has 11 heteroatoms. The number of halogens is 2. The molecule has 0 unspecified atom stereocenters. The first-order chi connectivity index (χ1) is 13.5. The zero-order valence-corrected chi connectivity index (χ0v) is 15.0. The van der Waals surface area contributed by atoms with E-state index in [9.17, 15) is 18.4 Å². The lowest BCUT2D eigenvalue weighted by molar-refractivity contribution is -0.0494. The molecule has 1 aromatic carbocycles. The van der Waals surface area contributed by atoms with Gasteiger partial charge in [0.2, 0.25) is 0 Å². The van der Waals surface area contributed by atoms with E-state index < -0.39 is 18.5 Å². The number of carbonyl (C=O) groups is 2. The molecule has 2 aromatic rings. The highest BCUT2D eigenvalue weighted by molar-refractivity contribution is 6.04. The minimum atomic E-state index is -3.13. The third-order valence-electron chi connectivity index (χ3n) is 4.29. The van der Waals surface area contributed by atoms with E-state index in [-0.39, 0.29) is 28.7 Å². The van der Waals surface area contributed by atoms with E-state index in [4.69, 9.17) is 0 Å². The second-order valence-corrected chi connectivity index (χ2v) is 6.10.